The van der Waals surface area contributed by atoms with Crippen molar-refractivity contribution in [3.05, 3.63) is 35.9 Å². The molecule has 0 radical (unpaired) electrons. The van der Waals surface area contributed by atoms with Gasteiger partial charge in [-0.05, 0) is 30.2 Å². The van der Waals surface area contributed by atoms with Crippen LogP contribution in [0.2, 0.25) is 0 Å². The van der Waals surface area contributed by atoms with E-state index in [0.717, 1.165) is 18.6 Å². The van der Waals surface area contributed by atoms with Gasteiger partial charge in [0.25, 0.3) is 0 Å². The second-order valence-electron chi connectivity index (χ2n) is 4.47. The third-order valence-corrected chi connectivity index (χ3v) is 3.13. The summed E-state index contributed by atoms with van der Waals surface area (Å²) in [5.41, 5.74) is 7.31. The smallest absolute Gasteiger partial charge is 0.246 e. The first-order valence-electron chi connectivity index (χ1n) is 6.05. The number of benzene rings is 1. The maximum atomic E-state index is 11.9. The monoisotopic (exact) mass is 246 g/mol. The molecule has 1 aliphatic rings. The lowest BCUT2D eigenvalue weighted by Crippen LogP contribution is -2.36. The van der Waals surface area contributed by atoms with E-state index in [1.807, 2.05) is 31.3 Å². The molecule has 1 amide bonds. The van der Waals surface area contributed by atoms with E-state index < -0.39 is 0 Å². The van der Waals surface area contributed by atoms with Crippen LogP contribution in [-0.4, -0.2) is 37.1 Å². The van der Waals surface area contributed by atoms with Crippen LogP contribution in [0.1, 0.15) is 12.0 Å². The Hall–Kier alpha value is -1.81. The minimum Gasteiger partial charge on any atom is -0.399 e. The van der Waals surface area contributed by atoms with Crippen molar-refractivity contribution in [2.75, 3.05) is 26.0 Å². The predicted octanol–water partition coefficient (Wildman–Crippen LogP) is 1.53. The third-order valence-electron chi connectivity index (χ3n) is 3.13. The predicted molar refractivity (Wildman–Crippen MR) is 71.9 cm³/mol. The average molecular weight is 246 g/mol. The molecular formula is C14H18N2O2. The van der Waals surface area contributed by atoms with Crippen LogP contribution in [0, 0.1) is 0 Å². The molecule has 0 saturated carbocycles. The molecule has 96 valence electrons. The van der Waals surface area contributed by atoms with Gasteiger partial charge in [0.2, 0.25) is 5.91 Å². The average Bonchev–Trinajstić information content (AvgIpc) is 2.89. The first-order chi connectivity index (χ1) is 8.66. The molecule has 0 bridgehead atoms. The van der Waals surface area contributed by atoms with E-state index in [9.17, 15) is 4.79 Å². The van der Waals surface area contributed by atoms with Crippen LogP contribution in [-0.2, 0) is 9.53 Å². The summed E-state index contributed by atoms with van der Waals surface area (Å²) >= 11 is 0. The lowest BCUT2D eigenvalue weighted by molar-refractivity contribution is -0.126. The molecular weight excluding hydrogens is 228 g/mol. The van der Waals surface area contributed by atoms with E-state index in [-0.39, 0.29) is 11.9 Å². The highest BCUT2D eigenvalue weighted by atomic mass is 16.5. The molecule has 1 atom stereocenters. The highest BCUT2D eigenvalue weighted by Crippen LogP contribution is 2.12. The Morgan fingerprint density at radius 3 is 3.06 bits per heavy atom. The van der Waals surface area contributed by atoms with Crippen molar-refractivity contribution in [1.82, 2.24) is 4.90 Å². The van der Waals surface area contributed by atoms with Crippen LogP contribution in [0.25, 0.3) is 6.08 Å². The summed E-state index contributed by atoms with van der Waals surface area (Å²) in [5, 5.41) is 0. The van der Waals surface area contributed by atoms with Crippen molar-refractivity contribution < 1.29 is 9.53 Å². The van der Waals surface area contributed by atoms with Gasteiger partial charge >= 0.3 is 0 Å². The standard InChI is InChI=1S/C14H18N2O2/c1-16(13-7-8-18-10-13)14(17)6-5-11-3-2-4-12(15)9-11/h2-6,9,13H,7-8,10,15H2,1H3/b6-5+. The van der Waals surface area contributed by atoms with Gasteiger partial charge < -0.3 is 15.4 Å². The van der Waals surface area contributed by atoms with Crippen LogP contribution in [0.5, 0.6) is 0 Å². The van der Waals surface area contributed by atoms with Crippen molar-refractivity contribution in [2.45, 2.75) is 12.5 Å². The van der Waals surface area contributed by atoms with E-state index in [0.29, 0.717) is 12.3 Å². The fourth-order valence-corrected chi connectivity index (χ4v) is 1.96. The zero-order valence-corrected chi connectivity index (χ0v) is 10.5. The number of nitrogens with two attached hydrogens (primary N) is 1. The summed E-state index contributed by atoms with van der Waals surface area (Å²) in [6, 6.07) is 7.64. The summed E-state index contributed by atoms with van der Waals surface area (Å²) in [7, 11) is 1.81. The van der Waals surface area contributed by atoms with Crippen LogP contribution in [0.4, 0.5) is 5.69 Å². The van der Waals surface area contributed by atoms with Crippen molar-refractivity contribution in [3.8, 4) is 0 Å². The van der Waals surface area contributed by atoms with Gasteiger partial charge in [-0.3, -0.25) is 4.79 Å². The number of hydrogen-bond donors (Lipinski definition) is 1. The molecule has 4 heteroatoms. The number of carbonyl (C=O) groups is 1. The fourth-order valence-electron chi connectivity index (χ4n) is 1.96. The number of carbonyl (C=O) groups excluding carboxylic acids is 1. The molecule has 4 nitrogen and oxygen atoms in total. The molecule has 0 aliphatic carbocycles. The molecule has 1 aromatic carbocycles. The number of anilines is 1. The maximum absolute atomic E-state index is 11.9. The van der Waals surface area contributed by atoms with E-state index in [1.54, 1.807) is 17.1 Å². The molecule has 1 aliphatic heterocycles. The van der Waals surface area contributed by atoms with E-state index in [1.165, 1.54) is 0 Å². The topological polar surface area (TPSA) is 55.6 Å². The number of nitrogen functional groups attached to an aromatic ring is 1. The number of hydrogen-bond acceptors (Lipinski definition) is 3. The van der Waals surface area contributed by atoms with E-state index in [2.05, 4.69) is 0 Å². The summed E-state index contributed by atoms with van der Waals surface area (Å²) in [6.45, 7) is 1.37. The molecule has 2 rings (SSSR count). The Bertz CT molecular complexity index is 451. The molecule has 1 heterocycles. The Balaban J connectivity index is 1.97. The fraction of sp³-hybridized carbons (Fsp3) is 0.357. The Morgan fingerprint density at radius 1 is 1.56 bits per heavy atom. The number of ether oxygens (including phenoxy) is 1. The Morgan fingerprint density at radius 2 is 2.39 bits per heavy atom. The van der Waals surface area contributed by atoms with Gasteiger partial charge in [0.05, 0.1) is 12.6 Å². The van der Waals surface area contributed by atoms with Gasteiger partial charge in [-0.1, -0.05) is 12.1 Å². The van der Waals surface area contributed by atoms with Crippen molar-refractivity contribution >= 4 is 17.7 Å². The van der Waals surface area contributed by atoms with Gasteiger partial charge in [0.15, 0.2) is 0 Å². The number of rotatable bonds is 3. The lowest BCUT2D eigenvalue weighted by atomic mass is 10.2. The molecule has 1 saturated heterocycles. The zero-order chi connectivity index (χ0) is 13.0. The third kappa shape index (κ3) is 3.11. The van der Waals surface area contributed by atoms with Crippen molar-refractivity contribution in [1.29, 1.82) is 0 Å². The van der Waals surface area contributed by atoms with E-state index in [4.69, 9.17) is 10.5 Å². The minimum atomic E-state index is -0.00655. The molecule has 1 unspecified atom stereocenters. The molecule has 1 fully saturated rings. The summed E-state index contributed by atoms with van der Waals surface area (Å²) in [6.07, 6.45) is 4.27. The summed E-state index contributed by atoms with van der Waals surface area (Å²) in [5.74, 6) is -0.00655. The van der Waals surface area contributed by atoms with Crippen LogP contribution >= 0.6 is 0 Å². The van der Waals surface area contributed by atoms with Gasteiger partial charge in [-0.15, -0.1) is 0 Å². The largest absolute Gasteiger partial charge is 0.399 e. The second-order valence-corrected chi connectivity index (χ2v) is 4.47. The number of likely N-dealkylation sites (N-methyl/N-ethyl adjacent to an activating group) is 1. The van der Waals surface area contributed by atoms with E-state index >= 15 is 0 Å². The Kier molecular flexibility index (Phi) is 3.99. The first-order valence-corrected chi connectivity index (χ1v) is 6.05. The molecule has 0 aromatic heterocycles. The van der Waals surface area contributed by atoms with Gasteiger partial charge in [-0.25, -0.2) is 0 Å². The maximum Gasteiger partial charge on any atom is 0.246 e. The van der Waals surface area contributed by atoms with Crippen LogP contribution in [0.3, 0.4) is 0 Å². The van der Waals surface area contributed by atoms with Gasteiger partial charge in [0, 0.05) is 25.4 Å². The van der Waals surface area contributed by atoms with Gasteiger partial charge in [0.1, 0.15) is 0 Å². The van der Waals surface area contributed by atoms with Crippen LogP contribution < -0.4 is 5.73 Å². The lowest BCUT2D eigenvalue weighted by Gasteiger charge is -2.21. The summed E-state index contributed by atoms with van der Waals surface area (Å²) in [4.78, 5) is 13.7. The van der Waals surface area contributed by atoms with Crippen LogP contribution in [0.15, 0.2) is 30.3 Å². The SMILES string of the molecule is CN(C(=O)/C=C/c1cccc(N)c1)C1CCOC1. The minimum absolute atomic E-state index is 0.00655. The van der Waals surface area contributed by atoms with Crippen molar-refractivity contribution in [3.63, 3.8) is 0 Å². The molecule has 1 aromatic rings. The number of amides is 1. The first kappa shape index (κ1) is 12.6. The normalized spacial score (nSPS) is 19.3. The number of nitrogens with zero attached hydrogens (tertiary/aromatic N) is 1. The highest BCUT2D eigenvalue weighted by molar-refractivity contribution is 5.91. The summed E-state index contributed by atoms with van der Waals surface area (Å²) < 4.78 is 5.27. The Labute approximate surface area is 107 Å². The second kappa shape index (κ2) is 5.69. The molecule has 18 heavy (non-hydrogen) atoms. The molecule has 2 N–H and O–H groups in total. The zero-order valence-electron chi connectivity index (χ0n) is 10.5. The van der Waals surface area contributed by atoms with Crippen molar-refractivity contribution in [2.24, 2.45) is 0 Å². The highest BCUT2D eigenvalue weighted by Gasteiger charge is 2.22. The van der Waals surface area contributed by atoms with Gasteiger partial charge in [-0.2, -0.15) is 0 Å². The quantitative estimate of drug-likeness (QED) is 0.650. The molecule has 0 spiro atoms.